The van der Waals surface area contributed by atoms with Gasteiger partial charge in [-0.05, 0) is 25.1 Å². The monoisotopic (exact) mass is 250 g/mol. The Bertz CT molecular complexity index is 521. The number of carbonyl (C=O) groups is 1. The van der Waals surface area contributed by atoms with Crippen LogP contribution in [0.15, 0.2) is 23.8 Å². The summed E-state index contributed by atoms with van der Waals surface area (Å²) in [6.45, 7) is 1.39. The number of aliphatic carboxylic acids is 1. The van der Waals surface area contributed by atoms with E-state index in [1.807, 2.05) is 0 Å². The summed E-state index contributed by atoms with van der Waals surface area (Å²) in [5.74, 6) is -1.10. The highest BCUT2D eigenvalue weighted by molar-refractivity contribution is 5.92. The molecule has 0 amide bonds. The molecule has 0 radical (unpaired) electrons. The fourth-order valence-corrected chi connectivity index (χ4v) is 1.39. The van der Waals surface area contributed by atoms with Gasteiger partial charge >= 0.3 is 5.97 Å². The van der Waals surface area contributed by atoms with Crippen molar-refractivity contribution >= 4 is 23.4 Å². The van der Waals surface area contributed by atoms with Crippen molar-refractivity contribution in [2.24, 2.45) is 0 Å². The van der Waals surface area contributed by atoms with Crippen LogP contribution in [0.3, 0.4) is 0 Å². The third-order valence-corrected chi connectivity index (χ3v) is 2.44. The summed E-state index contributed by atoms with van der Waals surface area (Å²) in [7, 11) is 3.55. The van der Waals surface area contributed by atoms with Gasteiger partial charge < -0.3 is 10.0 Å². The molecule has 1 aromatic carbocycles. The van der Waals surface area contributed by atoms with Crippen LogP contribution in [0.4, 0.5) is 11.4 Å². The molecule has 6 nitrogen and oxygen atoms in total. The molecule has 0 atom stereocenters. The van der Waals surface area contributed by atoms with E-state index in [0.29, 0.717) is 5.69 Å². The van der Waals surface area contributed by atoms with Crippen molar-refractivity contribution in [3.8, 4) is 0 Å². The number of rotatable bonds is 4. The molecule has 1 rings (SSSR count). The lowest BCUT2D eigenvalue weighted by molar-refractivity contribution is -0.385. The Labute approximate surface area is 104 Å². The summed E-state index contributed by atoms with van der Waals surface area (Å²) in [6, 6.07) is 4.66. The predicted octanol–water partition coefficient (Wildman–Crippen LogP) is 2.15. The fraction of sp³-hybridized carbons (Fsp3) is 0.250. The molecule has 1 aromatic rings. The molecular formula is C12H14N2O4. The molecule has 0 bridgehead atoms. The van der Waals surface area contributed by atoms with Crippen LogP contribution in [0.25, 0.3) is 6.08 Å². The average molecular weight is 250 g/mol. The second-order valence-corrected chi connectivity index (χ2v) is 4.03. The van der Waals surface area contributed by atoms with Gasteiger partial charge in [0.25, 0.3) is 5.69 Å². The number of nitrogens with zero attached hydrogens (tertiary/aromatic N) is 2. The average Bonchev–Trinajstić information content (AvgIpc) is 2.28. The van der Waals surface area contributed by atoms with Gasteiger partial charge in [-0.1, -0.05) is 0 Å². The third kappa shape index (κ3) is 3.07. The van der Waals surface area contributed by atoms with Gasteiger partial charge in [0.15, 0.2) is 0 Å². The van der Waals surface area contributed by atoms with Crippen LogP contribution in [0.5, 0.6) is 0 Å². The molecule has 0 aromatic heterocycles. The SMILES string of the molecule is C/C(=C\c1ccc(N(C)C)cc1[N+](=O)[O-])C(=O)O. The molecule has 18 heavy (non-hydrogen) atoms. The zero-order valence-electron chi connectivity index (χ0n) is 10.4. The fourth-order valence-electron chi connectivity index (χ4n) is 1.39. The van der Waals surface area contributed by atoms with Crippen LogP contribution in [0.1, 0.15) is 12.5 Å². The molecule has 0 aliphatic heterocycles. The largest absolute Gasteiger partial charge is 0.478 e. The number of anilines is 1. The lowest BCUT2D eigenvalue weighted by Crippen LogP contribution is -2.09. The highest BCUT2D eigenvalue weighted by Gasteiger charge is 2.14. The minimum atomic E-state index is -1.10. The van der Waals surface area contributed by atoms with E-state index in [4.69, 9.17) is 5.11 Å². The maximum Gasteiger partial charge on any atom is 0.331 e. The molecule has 0 saturated carbocycles. The van der Waals surface area contributed by atoms with Gasteiger partial charge in [0.2, 0.25) is 0 Å². The number of hydrogen-bond acceptors (Lipinski definition) is 4. The van der Waals surface area contributed by atoms with E-state index in [0.717, 1.165) is 0 Å². The Hall–Kier alpha value is -2.37. The first-order valence-corrected chi connectivity index (χ1v) is 5.20. The first-order valence-electron chi connectivity index (χ1n) is 5.20. The van der Waals surface area contributed by atoms with E-state index in [1.165, 1.54) is 19.1 Å². The predicted molar refractivity (Wildman–Crippen MR) is 68.7 cm³/mol. The highest BCUT2D eigenvalue weighted by atomic mass is 16.6. The van der Waals surface area contributed by atoms with Gasteiger partial charge in [-0.3, -0.25) is 10.1 Å². The second-order valence-electron chi connectivity index (χ2n) is 4.03. The van der Waals surface area contributed by atoms with Crippen LogP contribution in [-0.4, -0.2) is 30.1 Å². The molecular weight excluding hydrogens is 236 g/mol. The number of carboxylic acids is 1. The minimum Gasteiger partial charge on any atom is -0.478 e. The first-order chi connectivity index (χ1) is 8.32. The van der Waals surface area contributed by atoms with Crippen LogP contribution in [0, 0.1) is 10.1 Å². The normalized spacial score (nSPS) is 11.2. The van der Waals surface area contributed by atoms with E-state index in [1.54, 1.807) is 31.1 Å². The summed E-state index contributed by atoms with van der Waals surface area (Å²) in [5.41, 5.74) is 0.912. The van der Waals surface area contributed by atoms with Gasteiger partial charge in [-0.2, -0.15) is 0 Å². The molecule has 0 heterocycles. The second kappa shape index (κ2) is 5.31. The lowest BCUT2D eigenvalue weighted by Gasteiger charge is -2.12. The summed E-state index contributed by atoms with van der Waals surface area (Å²) >= 11 is 0. The standard InChI is InChI=1S/C12H14N2O4/c1-8(12(15)16)6-9-4-5-10(13(2)3)7-11(9)14(17)18/h4-7H,1-3H3,(H,15,16)/b8-6+. The van der Waals surface area contributed by atoms with Crippen LogP contribution in [-0.2, 0) is 4.79 Å². The Balaban J connectivity index is 3.33. The Morgan fingerprint density at radius 3 is 2.50 bits per heavy atom. The first kappa shape index (κ1) is 13.7. The molecule has 1 N–H and O–H groups in total. The van der Waals surface area contributed by atoms with Crippen molar-refractivity contribution in [3.05, 3.63) is 39.4 Å². The van der Waals surface area contributed by atoms with Crippen molar-refractivity contribution < 1.29 is 14.8 Å². The van der Waals surface area contributed by atoms with Gasteiger partial charge in [-0.25, -0.2) is 4.79 Å². The summed E-state index contributed by atoms with van der Waals surface area (Å²) < 4.78 is 0. The molecule has 96 valence electrons. The van der Waals surface area contributed by atoms with E-state index >= 15 is 0 Å². The summed E-state index contributed by atoms with van der Waals surface area (Å²) in [5, 5.41) is 19.7. The zero-order chi connectivity index (χ0) is 13.9. The van der Waals surface area contributed by atoms with Gasteiger partial charge in [0, 0.05) is 31.4 Å². The molecule has 0 saturated heterocycles. The van der Waals surface area contributed by atoms with Crippen molar-refractivity contribution in [3.63, 3.8) is 0 Å². The summed E-state index contributed by atoms with van der Waals surface area (Å²) in [4.78, 5) is 22.9. The van der Waals surface area contributed by atoms with E-state index in [9.17, 15) is 14.9 Å². The van der Waals surface area contributed by atoms with Crippen molar-refractivity contribution in [1.29, 1.82) is 0 Å². The van der Waals surface area contributed by atoms with Crippen molar-refractivity contribution in [2.75, 3.05) is 19.0 Å². The number of carboxylic acid groups (broad SMARTS) is 1. The smallest absolute Gasteiger partial charge is 0.331 e. The van der Waals surface area contributed by atoms with Gasteiger partial charge in [0.05, 0.1) is 10.5 Å². The van der Waals surface area contributed by atoms with Crippen LogP contribution >= 0.6 is 0 Å². The van der Waals surface area contributed by atoms with E-state index in [2.05, 4.69) is 0 Å². The Morgan fingerprint density at radius 1 is 1.44 bits per heavy atom. The van der Waals surface area contributed by atoms with Crippen LogP contribution in [0.2, 0.25) is 0 Å². The maximum absolute atomic E-state index is 11.0. The van der Waals surface area contributed by atoms with Gasteiger partial charge in [-0.15, -0.1) is 0 Å². The Kier molecular flexibility index (Phi) is 4.04. The molecule has 0 aliphatic rings. The van der Waals surface area contributed by atoms with Crippen molar-refractivity contribution in [2.45, 2.75) is 6.92 Å². The molecule has 6 heteroatoms. The third-order valence-electron chi connectivity index (χ3n) is 2.44. The maximum atomic E-state index is 11.0. The highest BCUT2D eigenvalue weighted by Crippen LogP contribution is 2.26. The molecule has 0 aliphatic carbocycles. The molecule has 0 unspecified atom stereocenters. The quantitative estimate of drug-likeness (QED) is 0.503. The Morgan fingerprint density at radius 2 is 2.06 bits per heavy atom. The molecule has 0 fully saturated rings. The zero-order valence-corrected chi connectivity index (χ0v) is 10.4. The number of hydrogen-bond donors (Lipinski definition) is 1. The van der Waals surface area contributed by atoms with E-state index in [-0.39, 0.29) is 16.8 Å². The van der Waals surface area contributed by atoms with Crippen LogP contribution < -0.4 is 4.90 Å². The number of nitro benzene ring substituents is 1. The molecule has 0 spiro atoms. The number of benzene rings is 1. The van der Waals surface area contributed by atoms with E-state index < -0.39 is 10.9 Å². The van der Waals surface area contributed by atoms with Gasteiger partial charge in [0.1, 0.15) is 0 Å². The minimum absolute atomic E-state index is 0.0516. The topological polar surface area (TPSA) is 83.7 Å². The lowest BCUT2D eigenvalue weighted by atomic mass is 10.1. The number of nitro groups is 1. The summed E-state index contributed by atoms with van der Waals surface area (Å²) in [6.07, 6.45) is 1.29. The van der Waals surface area contributed by atoms with Crippen molar-refractivity contribution in [1.82, 2.24) is 0 Å².